The third kappa shape index (κ3) is 5.48. The summed E-state index contributed by atoms with van der Waals surface area (Å²) in [5.74, 6) is -14.6. The predicted octanol–water partition coefficient (Wildman–Crippen LogP) is 4.88. The van der Waals surface area contributed by atoms with Gasteiger partial charge >= 0.3 is 13.7 Å². The quantitative estimate of drug-likeness (QED) is 0.202. The summed E-state index contributed by atoms with van der Waals surface area (Å²) in [6, 6.07) is 5.64. The molecule has 30 heavy (non-hydrogen) atoms. The molecule has 0 bridgehead atoms. The fourth-order valence-electron chi connectivity index (χ4n) is 2.10. The van der Waals surface area contributed by atoms with Gasteiger partial charge in [0.25, 0.3) is 0 Å². The Hall–Kier alpha value is -2.65. The summed E-state index contributed by atoms with van der Waals surface area (Å²) in [5.41, 5.74) is 0. The van der Waals surface area contributed by atoms with E-state index in [0.717, 1.165) is 0 Å². The minimum absolute atomic E-state index is 0.137. The van der Waals surface area contributed by atoms with E-state index in [4.69, 9.17) is 9.26 Å². The van der Waals surface area contributed by atoms with Crippen LogP contribution in [0.1, 0.15) is 20.8 Å². The van der Waals surface area contributed by atoms with Gasteiger partial charge in [-0.1, -0.05) is 18.2 Å². The van der Waals surface area contributed by atoms with Crippen LogP contribution >= 0.6 is 7.75 Å². The second kappa shape index (κ2) is 9.44. The number of hydrogen-bond donors (Lipinski definition) is 1. The number of esters is 1. The zero-order valence-electron chi connectivity index (χ0n) is 15.9. The standard InChI is InChI=1S/C18H17F5NO5P/c1-9(2)27-18(25)10(3)24-30(26,28-11-7-5-4-6-8-11)29-17-15(22)13(20)12(19)14(21)16(17)23/h4-10H,1-3H3,(H,24,26)/t10-,30+/m0/s1. The highest BCUT2D eigenvalue weighted by Crippen LogP contribution is 2.47. The Balaban J connectivity index is 2.45. The molecule has 0 heterocycles. The number of ether oxygens (including phenoxy) is 1. The monoisotopic (exact) mass is 453 g/mol. The molecule has 0 aliphatic rings. The molecule has 12 heteroatoms. The number of halogens is 5. The molecule has 0 radical (unpaired) electrons. The maximum Gasteiger partial charge on any atom is 0.513 e. The van der Waals surface area contributed by atoms with Crippen LogP contribution in [0.25, 0.3) is 0 Å². The van der Waals surface area contributed by atoms with Gasteiger partial charge in [-0.3, -0.25) is 4.79 Å². The summed E-state index contributed by atoms with van der Waals surface area (Å²) in [6.07, 6.45) is -0.549. The van der Waals surface area contributed by atoms with Crippen molar-refractivity contribution in [1.29, 1.82) is 0 Å². The molecule has 164 valence electrons. The van der Waals surface area contributed by atoms with Crippen LogP contribution in [-0.2, 0) is 14.1 Å². The van der Waals surface area contributed by atoms with E-state index in [0.29, 0.717) is 0 Å². The van der Waals surface area contributed by atoms with Gasteiger partial charge in [0.2, 0.25) is 34.8 Å². The van der Waals surface area contributed by atoms with Gasteiger partial charge in [0.15, 0.2) is 0 Å². The van der Waals surface area contributed by atoms with Crippen molar-refractivity contribution in [3.8, 4) is 11.5 Å². The number of nitrogens with one attached hydrogen (secondary N) is 1. The average Bonchev–Trinajstić information content (AvgIpc) is 2.68. The predicted molar refractivity (Wildman–Crippen MR) is 95.4 cm³/mol. The van der Waals surface area contributed by atoms with Crippen molar-refractivity contribution >= 4 is 13.7 Å². The summed E-state index contributed by atoms with van der Waals surface area (Å²) in [7, 11) is -4.91. The van der Waals surface area contributed by atoms with E-state index in [-0.39, 0.29) is 5.75 Å². The van der Waals surface area contributed by atoms with Gasteiger partial charge in [-0.2, -0.15) is 13.9 Å². The summed E-state index contributed by atoms with van der Waals surface area (Å²) >= 11 is 0. The molecule has 0 saturated carbocycles. The fourth-order valence-corrected chi connectivity index (χ4v) is 3.62. The first-order valence-corrected chi connectivity index (χ1v) is 10.0. The summed E-state index contributed by atoms with van der Waals surface area (Å²) in [5, 5.41) is 2.07. The smallest absolute Gasteiger partial charge is 0.462 e. The number of carbonyl (C=O) groups excluding carboxylic acids is 1. The highest BCUT2D eigenvalue weighted by molar-refractivity contribution is 7.52. The van der Waals surface area contributed by atoms with E-state index < -0.39 is 60.7 Å². The van der Waals surface area contributed by atoms with Crippen molar-refractivity contribution in [3.63, 3.8) is 0 Å². The maximum atomic E-state index is 14.0. The molecule has 0 amide bonds. The van der Waals surface area contributed by atoms with Crippen LogP contribution < -0.4 is 14.1 Å². The van der Waals surface area contributed by atoms with Crippen molar-refractivity contribution in [3.05, 3.63) is 59.4 Å². The Labute approximate surface area is 168 Å². The molecule has 0 unspecified atom stereocenters. The topological polar surface area (TPSA) is 73.9 Å². The minimum Gasteiger partial charge on any atom is -0.462 e. The lowest BCUT2D eigenvalue weighted by Gasteiger charge is -2.24. The van der Waals surface area contributed by atoms with Gasteiger partial charge in [-0.25, -0.2) is 17.7 Å². The summed E-state index contributed by atoms with van der Waals surface area (Å²) in [6.45, 7) is 4.25. The SMILES string of the molecule is CC(C)OC(=O)[C@H](C)N[P@@](=O)(Oc1ccccc1)Oc1c(F)c(F)c(F)c(F)c1F. The molecular formula is C18H17F5NO5P. The first-order chi connectivity index (χ1) is 13.9. The molecule has 1 N–H and O–H groups in total. The Bertz CT molecular complexity index is 944. The molecular weight excluding hydrogens is 436 g/mol. The van der Waals surface area contributed by atoms with Crippen LogP contribution in [0.3, 0.4) is 0 Å². The molecule has 0 saturated heterocycles. The molecule has 0 aliphatic heterocycles. The van der Waals surface area contributed by atoms with Gasteiger partial charge in [0.1, 0.15) is 11.8 Å². The Morgan fingerprint density at radius 1 is 0.867 bits per heavy atom. The van der Waals surface area contributed by atoms with Crippen molar-refractivity contribution in [1.82, 2.24) is 5.09 Å². The van der Waals surface area contributed by atoms with Crippen molar-refractivity contribution in [2.24, 2.45) is 0 Å². The molecule has 0 aliphatic carbocycles. The average molecular weight is 453 g/mol. The van der Waals surface area contributed by atoms with E-state index in [1.54, 1.807) is 6.07 Å². The first kappa shape index (κ1) is 23.6. The van der Waals surface area contributed by atoms with Crippen molar-refractivity contribution in [2.75, 3.05) is 0 Å². The molecule has 0 fully saturated rings. The van der Waals surface area contributed by atoms with Crippen LogP contribution in [0.2, 0.25) is 0 Å². The molecule has 2 aromatic rings. The van der Waals surface area contributed by atoms with E-state index in [1.807, 2.05) is 0 Å². The second-order valence-electron chi connectivity index (χ2n) is 6.23. The molecule has 2 atom stereocenters. The third-order valence-electron chi connectivity index (χ3n) is 3.41. The second-order valence-corrected chi connectivity index (χ2v) is 7.85. The molecule has 2 rings (SSSR count). The van der Waals surface area contributed by atoms with Gasteiger partial charge < -0.3 is 13.8 Å². The van der Waals surface area contributed by atoms with E-state index in [9.17, 15) is 31.3 Å². The lowest BCUT2D eigenvalue weighted by atomic mass is 10.3. The number of benzene rings is 2. The zero-order valence-corrected chi connectivity index (χ0v) is 16.8. The number of rotatable bonds is 8. The van der Waals surface area contributed by atoms with Gasteiger partial charge in [-0.15, -0.1) is 0 Å². The highest BCUT2D eigenvalue weighted by atomic mass is 31.2. The van der Waals surface area contributed by atoms with Gasteiger partial charge in [-0.05, 0) is 32.9 Å². The Morgan fingerprint density at radius 3 is 1.87 bits per heavy atom. The third-order valence-corrected chi connectivity index (χ3v) is 4.98. The van der Waals surface area contributed by atoms with E-state index in [1.165, 1.54) is 45.0 Å². The lowest BCUT2D eigenvalue weighted by molar-refractivity contribution is -0.149. The minimum atomic E-state index is -4.91. The number of carbonyl (C=O) groups is 1. The summed E-state index contributed by atoms with van der Waals surface area (Å²) < 4.78 is 96.0. The normalized spacial score (nSPS) is 14.2. The van der Waals surface area contributed by atoms with Crippen LogP contribution in [0.4, 0.5) is 22.0 Å². The summed E-state index contributed by atoms with van der Waals surface area (Å²) in [4.78, 5) is 12.0. The van der Waals surface area contributed by atoms with Crippen LogP contribution in [-0.4, -0.2) is 18.1 Å². The maximum absolute atomic E-state index is 14.0. The van der Waals surface area contributed by atoms with Crippen molar-refractivity contribution in [2.45, 2.75) is 32.9 Å². The molecule has 2 aromatic carbocycles. The fraction of sp³-hybridized carbons (Fsp3) is 0.278. The van der Waals surface area contributed by atoms with Gasteiger partial charge in [0, 0.05) is 0 Å². The van der Waals surface area contributed by atoms with Gasteiger partial charge in [0.05, 0.1) is 6.10 Å². The van der Waals surface area contributed by atoms with E-state index in [2.05, 4.69) is 9.61 Å². The number of para-hydroxylation sites is 1. The molecule has 0 spiro atoms. The highest BCUT2D eigenvalue weighted by Gasteiger charge is 2.38. The van der Waals surface area contributed by atoms with Crippen molar-refractivity contribution < 1.29 is 45.1 Å². The molecule has 0 aromatic heterocycles. The van der Waals surface area contributed by atoms with E-state index >= 15 is 0 Å². The Morgan fingerprint density at radius 2 is 1.37 bits per heavy atom. The number of hydrogen-bond acceptors (Lipinski definition) is 5. The largest absolute Gasteiger partial charge is 0.513 e. The van der Waals surface area contributed by atoms with Crippen LogP contribution in [0, 0.1) is 29.1 Å². The zero-order chi connectivity index (χ0) is 22.6. The first-order valence-electron chi connectivity index (χ1n) is 8.49. The van der Waals surface area contributed by atoms with Crippen LogP contribution in [0.15, 0.2) is 30.3 Å². The molecule has 6 nitrogen and oxygen atoms in total. The Kier molecular flexibility index (Phi) is 7.44. The van der Waals surface area contributed by atoms with Crippen LogP contribution in [0.5, 0.6) is 11.5 Å². The lowest BCUT2D eigenvalue weighted by Crippen LogP contribution is -2.37.